The topological polar surface area (TPSA) is 46.3 Å². The highest BCUT2D eigenvalue weighted by Crippen LogP contribution is 2.11. The van der Waals surface area contributed by atoms with Crippen molar-refractivity contribution in [1.82, 2.24) is 4.90 Å². The summed E-state index contributed by atoms with van der Waals surface area (Å²) in [4.78, 5) is 13.3. The van der Waals surface area contributed by atoms with Gasteiger partial charge in [0.15, 0.2) is 11.6 Å². The van der Waals surface area contributed by atoms with Gasteiger partial charge in [-0.25, -0.2) is 8.78 Å². The number of hydrogen-bond donors (Lipinski definition) is 1. The lowest BCUT2D eigenvalue weighted by Crippen LogP contribution is -2.26. The van der Waals surface area contributed by atoms with Gasteiger partial charge in [0.25, 0.3) is 0 Å². The van der Waals surface area contributed by atoms with Crippen LogP contribution in [0.3, 0.4) is 0 Å². The number of carbonyl (C=O) groups excluding carboxylic acids is 1. The maximum Gasteiger partial charge on any atom is 0.222 e. The van der Waals surface area contributed by atoms with Crippen molar-refractivity contribution < 1.29 is 13.6 Å². The summed E-state index contributed by atoms with van der Waals surface area (Å²) < 4.78 is 25.8. The second kappa shape index (κ2) is 7.84. The molecule has 0 heterocycles. The average molecular weight is 270 g/mol. The molecule has 106 valence electrons. The fourth-order valence-electron chi connectivity index (χ4n) is 1.79. The van der Waals surface area contributed by atoms with Crippen LogP contribution in [0.15, 0.2) is 18.2 Å². The van der Waals surface area contributed by atoms with Crippen LogP contribution in [0.4, 0.5) is 8.78 Å². The Kier molecular flexibility index (Phi) is 6.42. The Morgan fingerprint density at radius 3 is 2.58 bits per heavy atom. The number of halogens is 2. The quantitative estimate of drug-likeness (QED) is 0.774. The third-order valence-electron chi connectivity index (χ3n) is 2.92. The molecule has 0 radical (unpaired) electrons. The van der Waals surface area contributed by atoms with E-state index in [0.717, 1.165) is 31.4 Å². The molecule has 1 aromatic rings. The van der Waals surface area contributed by atoms with Crippen molar-refractivity contribution in [2.75, 3.05) is 13.6 Å². The number of unbranched alkanes of at least 4 members (excludes halogenated alkanes) is 2. The first-order valence-corrected chi connectivity index (χ1v) is 6.42. The van der Waals surface area contributed by atoms with Gasteiger partial charge in [-0.2, -0.15) is 0 Å². The molecule has 2 N–H and O–H groups in total. The van der Waals surface area contributed by atoms with E-state index in [1.807, 2.05) is 0 Å². The molecule has 1 rings (SSSR count). The lowest BCUT2D eigenvalue weighted by Gasteiger charge is -2.17. The van der Waals surface area contributed by atoms with E-state index in [1.54, 1.807) is 7.05 Å². The number of rotatable bonds is 7. The molecule has 1 amide bonds. The molecule has 0 spiro atoms. The molecule has 5 heteroatoms. The van der Waals surface area contributed by atoms with Gasteiger partial charge in [0.05, 0.1) is 0 Å². The van der Waals surface area contributed by atoms with Crippen LogP contribution in [0.5, 0.6) is 0 Å². The standard InChI is InChI=1S/C14H20F2N2O/c1-18(14(19)5-3-2-4-8-17)10-11-6-7-12(15)13(16)9-11/h6-7,9H,2-5,8,10,17H2,1H3. The third kappa shape index (κ3) is 5.34. The lowest BCUT2D eigenvalue weighted by atomic mass is 10.1. The molecule has 0 saturated heterocycles. The number of nitrogens with two attached hydrogens (primary N) is 1. The van der Waals surface area contributed by atoms with E-state index in [2.05, 4.69) is 0 Å². The first-order chi connectivity index (χ1) is 9.04. The molecule has 0 aliphatic heterocycles. The van der Waals surface area contributed by atoms with E-state index in [1.165, 1.54) is 11.0 Å². The predicted octanol–water partition coefficient (Wildman–Crippen LogP) is 2.44. The Morgan fingerprint density at radius 1 is 1.21 bits per heavy atom. The van der Waals surface area contributed by atoms with Gasteiger partial charge in [-0.1, -0.05) is 12.5 Å². The first-order valence-electron chi connectivity index (χ1n) is 6.42. The summed E-state index contributed by atoms with van der Waals surface area (Å²) in [6.07, 6.45) is 3.11. The Hall–Kier alpha value is -1.49. The first kappa shape index (κ1) is 15.6. The Labute approximate surface area is 112 Å². The molecular weight excluding hydrogens is 250 g/mol. The van der Waals surface area contributed by atoms with Gasteiger partial charge in [0, 0.05) is 20.0 Å². The number of nitrogens with zero attached hydrogens (tertiary/aromatic N) is 1. The second-order valence-electron chi connectivity index (χ2n) is 4.60. The fraction of sp³-hybridized carbons (Fsp3) is 0.500. The minimum atomic E-state index is -0.888. The minimum Gasteiger partial charge on any atom is -0.341 e. The Morgan fingerprint density at radius 2 is 1.95 bits per heavy atom. The monoisotopic (exact) mass is 270 g/mol. The largest absolute Gasteiger partial charge is 0.341 e. The molecule has 19 heavy (non-hydrogen) atoms. The van der Waals surface area contributed by atoms with Crippen LogP contribution >= 0.6 is 0 Å². The summed E-state index contributed by atoms with van der Waals surface area (Å²) >= 11 is 0. The van der Waals surface area contributed by atoms with Crippen molar-refractivity contribution in [3.63, 3.8) is 0 Å². The summed E-state index contributed by atoms with van der Waals surface area (Å²) in [5.74, 6) is -1.76. The van der Waals surface area contributed by atoms with Crippen molar-refractivity contribution in [3.05, 3.63) is 35.4 Å². The second-order valence-corrected chi connectivity index (χ2v) is 4.60. The van der Waals surface area contributed by atoms with Gasteiger partial charge < -0.3 is 10.6 Å². The molecule has 0 aliphatic carbocycles. The number of benzene rings is 1. The maximum atomic E-state index is 13.0. The summed E-state index contributed by atoms with van der Waals surface area (Å²) in [5, 5.41) is 0. The van der Waals surface area contributed by atoms with E-state index in [0.29, 0.717) is 18.5 Å². The van der Waals surface area contributed by atoms with Crippen molar-refractivity contribution in [2.24, 2.45) is 5.73 Å². The van der Waals surface area contributed by atoms with Gasteiger partial charge in [0.2, 0.25) is 5.91 Å². The van der Waals surface area contributed by atoms with Crippen LogP contribution in [-0.2, 0) is 11.3 Å². The highest BCUT2D eigenvalue weighted by molar-refractivity contribution is 5.75. The molecule has 0 unspecified atom stereocenters. The molecule has 0 saturated carbocycles. The summed E-state index contributed by atoms with van der Waals surface area (Å²) in [6.45, 7) is 0.922. The molecular formula is C14H20F2N2O. The number of hydrogen-bond acceptors (Lipinski definition) is 2. The number of amides is 1. The molecule has 3 nitrogen and oxygen atoms in total. The van der Waals surface area contributed by atoms with Crippen molar-refractivity contribution in [2.45, 2.75) is 32.2 Å². The van der Waals surface area contributed by atoms with Crippen LogP contribution in [0.25, 0.3) is 0 Å². The van der Waals surface area contributed by atoms with Gasteiger partial charge in [0.1, 0.15) is 0 Å². The zero-order valence-corrected chi connectivity index (χ0v) is 11.2. The van der Waals surface area contributed by atoms with Gasteiger partial charge in [-0.15, -0.1) is 0 Å². The minimum absolute atomic E-state index is 0.00162. The van der Waals surface area contributed by atoms with Gasteiger partial charge >= 0.3 is 0 Å². The molecule has 0 atom stereocenters. The molecule has 0 aromatic heterocycles. The zero-order chi connectivity index (χ0) is 14.3. The SMILES string of the molecule is CN(Cc1ccc(F)c(F)c1)C(=O)CCCCCN. The van der Waals surface area contributed by atoms with Crippen LogP contribution < -0.4 is 5.73 Å². The molecule has 0 bridgehead atoms. The lowest BCUT2D eigenvalue weighted by molar-refractivity contribution is -0.130. The van der Waals surface area contributed by atoms with Crippen LogP contribution in [0.1, 0.15) is 31.2 Å². The van der Waals surface area contributed by atoms with E-state index < -0.39 is 11.6 Å². The molecule has 0 aliphatic rings. The summed E-state index contributed by atoms with van der Waals surface area (Å²) in [7, 11) is 1.66. The zero-order valence-electron chi connectivity index (χ0n) is 11.2. The third-order valence-corrected chi connectivity index (χ3v) is 2.92. The summed E-state index contributed by atoms with van der Waals surface area (Å²) in [5.41, 5.74) is 5.95. The summed E-state index contributed by atoms with van der Waals surface area (Å²) in [6, 6.07) is 3.67. The fourth-order valence-corrected chi connectivity index (χ4v) is 1.79. The van der Waals surface area contributed by atoms with E-state index in [9.17, 15) is 13.6 Å². The van der Waals surface area contributed by atoms with Crippen LogP contribution in [-0.4, -0.2) is 24.4 Å². The average Bonchev–Trinajstić information content (AvgIpc) is 2.38. The van der Waals surface area contributed by atoms with Crippen LogP contribution in [0.2, 0.25) is 0 Å². The van der Waals surface area contributed by atoms with Crippen LogP contribution in [0, 0.1) is 11.6 Å². The Bertz CT molecular complexity index is 424. The van der Waals surface area contributed by atoms with Crippen molar-refractivity contribution in [3.8, 4) is 0 Å². The Balaban J connectivity index is 2.42. The predicted molar refractivity (Wildman–Crippen MR) is 70.4 cm³/mol. The van der Waals surface area contributed by atoms with Crippen molar-refractivity contribution in [1.29, 1.82) is 0 Å². The van der Waals surface area contributed by atoms with Crippen molar-refractivity contribution >= 4 is 5.91 Å². The molecule has 0 fully saturated rings. The van der Waals surface area contributed by atoms with Gasteiger partial charge in [-0.3, -0.25) is 4.79 Å². The highest BCUT2D eigenvalue weighted by atomic mass is 19.2. The smallest absolute Gasteiger partial charge is 0.222 e. The maximum absolute atomic E-state index is 13.0. The van der Waals surface area contributed by atoms with Gasteiger partial charge in [-0.05, 0) is 37.1 Å². The highest BCUT2D eigenvalue weighted by Gasteiger charge is 2.10. The normalized spacial score (nSPS) is 10.5. The molecule has 1 aromatic carbocycles. The number of carbonyl (C=O) groups is 1. The van der Waals surface area contributed by atoms with E-state index >= 15 is 0 Å². The van der Waals surface area contributed by atoms with E-state index in [4.69, 9.17) is 5.73 Å². The van der Waals surface area contributed by atoms with E-state index in [-0.39, 0.29) is 12.5 Å².